The zero-order valence-corrected chi connectivity index (χ0v) is 13.7. The van der Waals surface area contributed by atoms with Gasteiger partial charge >= 0.3 is 6.09 Å². The lowest BCUT2D eigenvalue weighted by Gasteiger charge is -2.38. The Morgan fingerprint density at radius 1 is 1.42 bits per heavy atom. The van der Waals surface area contributed by atoms with E-state index in [1.54, 1.807) is 18.2 Å². The molecule has 3 rings (SSSR count). The third-order valence-corrected chi connectivity index (χ3v) is 4.35. The van der Waals surface area contributed by atoms with Crippen LogP contribution < -0.4 is 0 Å². The average molecular weight is 333 g/mol. The van der Waals surface area contributed by atoms with E-state index < -0.39 is 6.09 Å². The second-order valence-corrected chi connectivity index (χ2v) is 6.21. The van der Waals surface area contributed by atoms with Gasteiger partial charge in [0.15, 0.2) is 5.76 Å². The molecule has 1 atom stereocenters. The number of piperazine rings is 1. The number of aromatic nitrogens is 1. The number of benzene rings is 1. The monoisotopic (exact) mass is 333 g/mol. The fourth-order valence-electron chi connectivity index (χ4n) is 2.95. The minimum absolute atomic E-state index is 0.0886. The van der Waals surface area contributed by atoms with E-state index in [0.29, 0.717) is 43.2 Å². The Morgan fingerprint density at radius 3 is 2.92 bits per heavy atom. The normalized spacial score (nSPS) is 18.8. The first kappa shape index (κ1) is 16.4. The second kappa shape index (κ2) is 6.60. The zero-order valence-electron chi connectivity index (χ0n) is 13.7. The van der Waals surface area contributed by atoms with Crippen LogP contribution in [0.25, 0.3) is 11.3 Å². The van der Waals surface area contributed by atoms with Gasteiger partial charge in [0.1, 0.15) is 5.82 Å². The third-order valence-electron chi connectivity index (χ3n) is 4.35. The number of rotatable bonds is 3. The van der Waals surface area contributed by atoms with Gasteiger partial charge in [0, 0.05) is 38.3 Å². The number of nitrogens with zero attached hydrogens (tertiary/aromatic N) is 3. The molecule has 1 aliphatic heterocycles. The second-order valence-electron chi connectivity index (χ2n) is 6.21. The maximum absolute atomic E-state index is 13.9. The molecule has 1 aromatic heterocycles. The first-order valence-electron chi connectivity index (χ1n) is 7.88. The van der Waals surface area contributed by atoms with Gasteiger partial charge in [0.05, 0.1) is 11.3 Å². The summed E-state index contributed by atoms with van der Waals surface area (Å²) in [5, 5.41) is 13.1. The lowest BCUT2D eigenvalue weighted by atomic mass is 10.1. The Bertz CT molecular complexity index is 746. The number of amides is 1. The van der Waals surface area contributed by atoms with Crippen LogP contribution in [-0.4, -0.2) is 51.8 Å². The van der Waals surface area contributed by atoms with Crippen LogP contribution in [0.1, 0.15) is 18.2 Å². The highest BCUT2D eigenvalue weighted by Gasteiger charge is 2.27. The Balaban J connectivity index is 1.71. The number of aryl methyl sites for hydroxylation is 1. The van der Waals surface area contributed by atoms with Crippen LogP contribution in [-0.2, 0) is 6.54 Å². The summed E-state index contributed by atoms with van der Waals surface area (Å²) in [4.78, 5) is 14.6. The molecule has 0 aliphatic carbocycles. The summed E-state index contributed by atoms with van der Waals surface area (Å²) in [6.07, 6.45) is -0.889. The van der Waals surface area contributed by atoms with E-state index >= 15 is 0 Å². The standard InChI is InChI=1S/C17H20FN3O3/c1-11-3-4-15(18)14(7-11)16-8-13(19-24-16)10-20-5-6-21(17(22)23)9-12(20)2/h3-4,7-8,12H,5-6,9-10H2,1-2H3,(H,22,23)/t12-/m1/s1. The molecule has 1 N–H and O–H groups in total. The van der Waals surface area contributed by atoms with Crippen molar-refractivity contribution in [1.82, 2.24) is 15.0 Å². The van der Waals surface area contributed by atoms with Gasteiger partial charge in [-0.15, -0.1) is 0 Å². The Morgan fingerprint density at radius 2 is 2.21 bits per heavy atom. The first-order chi connectivity index (χ1) is 11.4. The summed E-state index contributed by atoms with van der Waals surface area (Å²) < 4.78 is 19.2. The van der Waals surface area contributed by atoms with Crippen molar-refractivity contribution in [2.45, 2.75) is 26.4 Å². The number of carboxylic acid groups (broad SMARTS) is 1. The molecule has 0 radical (unpaired) electrons. The van der Waals surface area contributed by atoms with Crippen molar-refractivity contribution in [3.63, 3.8) is 0 Å². The maximum atomic E-state index is 13.9. The lowest BCUT2D eigenvalue weighted by molar-refractivity contribution is 0.0700. The minimum atomic E-state index is -0.889. The van der Waals surface area contributed by atoms with Gasteiger partial charge in [-0.25, -0.2) is 9.18 Å². The van der Waals surface area contributed by atoms with Crippen molar-refractivity contribution in [2.24, 2.45) is 0 Å². The predicted octanol–water partition coefficient (Wildman–Crippen LogP) is 2.97. The van der Waals surface area contributed by atoms with Crippen LogP contribution >= 0.6 is 0 Å². The molecule has 1 aromatic carbocycles. The number of carbonyl (C=O) groups is 1. The van der Waals surface area contributed by atoms with Crippen molar-refractivity contribution in [1.29, 1.82) is 0 Å². The third kappa shape index (κ3) is 3.41. The summed E-state index contributed by atoms with van der Waals surface area (Å²) in [5.74, 6) is 0.0646. The van der Waals surface area contributed by atoms with E-state index in [0.717, 1.165) is 5.56 Å². The van der Waals surface area contributed by atoms with Crippen molar-refractivity contribution >= 4 is 6.09 Å². The van der Waals surface area contributed by atoms with Crippen molar-refractivity contribution in [3.8, 4) is 11.3 Å². The predicted molar refractivity (Wildman–Crippen MR) is 86.1 cm³/mol. The Kier molecular flexibility index (Phi) is 4.53. The Labute approximate surface area is 139 Å². The van der Waals surface area contributed by atoms with Crippen molar-refractivity contribution in [2.75, 3.05) is 19.6 Å². The van der Waals surface area contributed by atoms with Crippen LogP contribution in [0.4, 0.5) is 9.18 Å². The summed E-state index contributed by atoms with van der Waals surface area (Å²) in [6, 6.07) is 6.69. The fraction of sp³-hybridized carbons (Fsp3) is 0.412. The first-order valence-corrected chi connectivity index (χ1v) is 7.88. The van der Waals surface area contributed by atoms with Gasteiger partial charge in [-0.3, -0.25) is 4.90 Å². The molecular weight excluding hydrogens is 313 g/mol. The molecule has 0 unspecified atom stereocenters. The Hall–Kier alpha value is -2.41. The average Bonchev–Trinajstić information content (AvgIpc) is 3.00. The highest BCUT2D eigenvalue weighted by atomic mass is 19.1. The van der Waals surface area contributed by atoms with Crippen LogP contribution in [0.2, 0.25) is 0 Å². The van der Waals surface area contributed by atoms with E-state index in [4.69, 9.17) is 9.63 Å². The van der Waals surface area contributed by atoms with E-state index in [1.165, 1.54) is 11.0 Å². The van der Waals surface area contributed by atoms with Gasteiger partial charge in [0.2, 0.25) is 0 Å². The van der Waals surface area contributed by atoms with Gasteiger partial charge in [-0.2, -0.15) is 0 Å². The SMILES string of the molecule is Cc1ccc(F)c(-c2cc(CN3CCN(C(=O)O)C[C@H]3C)no2)c1. The minimum Gasteiger partial charge on any atom is -0.465 e. The molecule has 24 heavy (non-hydrogen) atoms. The maximum Gasteiger partial charge on any atom is 0.407 e. The van der Waals surface area contributed by atoms with E-state index in [1.807, 2.05) is 13.8 Å². The summed E-state index contributed by atoms with van der Waals surface area (Å²) in [6.45, 7) is 5.99. The number of hydrogen-bond donors (Lipinski definition) is 1. The molecule has 0 spiro atoms. The van der Waals surface area contributed by atoms with Crippen molar-refractivity contribution in [3.05, 3.63) is 41.3 Å². The molecule has 7 heteroatoms. The van der Waals surface area contributed by atoms with E-state index in [2.05, 4.69) is 10.1 Å². The molecule has 0 saturated carbocycles. The van der Waals surface area contributed by atoms with E-state index in [-0.39, 0.29) is 11.9 Å². The molecule has 0 bridgehead atoms. The van der Waals surface area contributed by atoms with E-state index in [9.17, 15) is 9.18 Å². The molecule has 2 heterocycles. The zero-order chi connectivity index (χ0) is 17.3. The molecular formula is C17H20FN3O3. The van der Waals surface area contributed by atoms with Crippen LogP contribution in [0.3, 0.4) is 0 Å². The molecule has 128 valence electrons. The summed E-state index contributed by atoms with van der Waals surface area (Å²) in [7, 11) is 0. The highest BCUT2D eigenvalue weighted by Crippen LogP contribution is 2.25. The summed E-state index contributed by atoms with van der Waals surface area (Å²) >= 11 is 0. The smallest absolute Gasteiger partial charge is 0.407 e. The highest BCUT2D eigenvalue weighted by molar-refractivity contribution is 5.65. The van der Waals surface area contributed by atoms with Gasteiger partial charge in [-0.05, 0) is 26.0 Å². The molecule has 1 aliphatic rings. The summed E-state index contributed by atoms with van der Waals surface area (Å²) in [5.41, 5.74) is 2.06. The molecule has 6 nitrogen and oxygen atoms in total. The van der Waals surface area contributed by atoms with Crippen LogP contribution in [0, 0.1) is 12.7 Å². The van der Waals surface area contributed by atoms with Gasteiger partial charge in [0.25, 0.3) is 0 Å². The largest absolute Gasteiger partial charge is 0.465 e. The van der Waals surface area contributed by atoms with Crippen LogP contribution in [0.5, 0.6) is 0 Å². The van der Waals surface area contributed by atoms with Crippen molar-refractivity contribution < 1.29 is 18.8 Å². The van der Waals surface area contributed by atoms with Crippen LogP contribution in [0.15, 0.2) is 28.8 Å². The fourth-order valence-corrected chi connectivity index (χ4v) is 2.95. The molecule has 1 amide bonds. The lowest BCUT2D eigenvalue weighted by Crippen LogP contribution is -2.52. The quantitative estimate of drug-likeness (QED) is 0.935. The molecule has 1 fully saturated rings. The number of halogens is 1. The molecule has 1 saturated heterocycles. The van der Waals surface area contributed by atoms with Gasteiger partial charge in [-0.1, -0.05) is 16.8 Å². The van der Waals surface area contributed by atoms with Gasteiger partial charge < -0.3 is 14.5 Å². The topological polar surface area (TPSA) is 69.8 Å². The molecule has 2 aromatic rings. The number of hydrogen-bond acceptors (Lipinski definition) is 4.